The molecule has 1 saturated heterocycles. The summed E-state index contributed by atoms with van der Waals surface area (Å²) in [6.45, 7) is 0.621. The number of aryl methyl sites for hydroxylation is 1. The quantitative estimate of drug-likeness (QED) is 0.138. The number of carbonyl (C=O) groups excluding carboxylic acids is 2. The van der Waals surface area contributed by atoms with Crippen molar-refractivity contribution in [2.24, 2.45) is 0 Å². The van der Waals surface area contributed by atoms with Crippen LogP contribution in [0.25, 0.3) is 16.0 Å². The fraction of sp³-hybridized carbons (Fsp3) is 0.154. The maximum atomic E-state index is 13.4. The number of nitrogens with zero attached hydrogens (tertiary/aromatic N) is 4. The summed E-state index contributed by atoms with van der Waals surface area (Å²) in [5, 5.41) is 22.8. The van der Waals surface area contributed by atoms with Gasteiger partial charge in [0, 0.05) is 30.1 Å². The number of carbonyl (C=O) groups is 2. The number of hydrogen-bond acceptors (Lipinski definition) is 9. The van der Waals surface area contributed by atoms with Gasteiger partial charge in [0.1, 0.15) is 11.5 Å². The van der Waals surface area contributed by atoms with Crippen LogP contribution < -0.4 is 9.64 Å². The van der Waals surface area contributed by atoms with E-state index >= 15 is 0 Å². The van der Waals surface area contributed by atoms with Crippen LogP contribution in [0.4, 0.5) is 10.8 Å². The molecule has 1 N–H and O–H groups in total. The molecule has 6 rings (SSSR count). The molecule has 1 unspecified atom stereocenters. The van der Waals surface area contributed by atoms with Crippen molar-refractivity contribution in [3.8, 4) is 5.75 Å². The maximum Gasteiger partial charge on any atom is 0.301 e. The number of Topliss-reactive ketones (excluding diaryl/α,β-unsaturated/α-hetero) is 1. The first kappa shape index (κ1) is 22.8. The standard InChI is InChI=1S/C26H18N4O6S/c31-23(15-5-8-19-14(11-15)4-2-10-36-19)21-22(16-3-1-9-27-13-16)29(25(33)24(21)32)26-28-18-7-6-17(30(34)35)12-20(18)37-26/h1,3,5-9,11-13,22,31H,2,4,10H2/b23-21+. The SMILES string of the molecule is O=C1C(=O)N(c2nc3ccc([N+](=O)[O-])cc3s2)C(c2cccnc2)/C1=C(\O)c1ccc2c(c1)CCCO2. The number of aromatic nitrogens is 2. The Balaban J connectivity index is 1.52. The van der Waals surface area contributed by atoms with E-state index in [9.17, 15) is 24.8 Å². The van der Waals surface area contributed by atoms with Crippen molar-refractivity contribution in [1.82, 2.24) is 9.97 Å². The van der Waals surface area contributed by atoms with E-state index < -0.39 is 22.7 Å². The minimum Gasteiger partial charge on any atom is -0.507 e. The second-order valence-electron chi connectivity index (χ2n) is 8.64. The molecule has 2 aromatic carbocycles. The third-order valence-electron chi connectivity index (χ3n) is 6.40. The van der Waals surface area contributed by atoms with Crippen molar-refractivity contribution in [3.05, 3.63) is 93.3 Å². The third-order valence-corrected chi connectivity index (χ3v) is 7.42. The lowest BCUT2D eigenvalue weighted by molar-refractivity contribution is -0.384. The Morgan fingerprint density at radius 1 is 1.19 bits per heavy atom. The summed E-state index contributed by atoms with van der Waals surface area (Å²) < 4.78 is 6.15. The first-order chi connectivity index (χ1) is 17.9. The van der Waals surface area contributed by atoms with Crippen molar-refractivity contribution in [2.75, 3.05) is 11.5 Å². The van der Waals surface area contributed by atoms with Crippen LogP contribution in [-0.4, -0.2) is 38.3 Å². The highest BCUT2D eigenvalue weighted by molar-refractivity contribution is 7.22. The van der Waals surface area contributed by atoms with Gasteiger partial charge >= 0.3 is 5.91 Å². The lowest BCUT2D eigenvalue weighted by Crippen LogP contribution is -2.29. The number of ether oxygens (including phenoxy) is 1. The highest BCUT2D eigenvalue weighted by atomic mass is 32.1. The predicted octanol–water partition coefficient (Wildman–Crippen LogP) is 4.55. The van der Waals surface area contributed by atoms with Crippen LogP contribution in [0.5, 0.6) is 5.75 Å². The molecule has 1 atom stereocenters. The zero-order chi connectivity index (χ0) is 25.7. The summed E-state index contributed by atoms with van der Waals surface area (Å²) >= 11 is 1.05. The van der Waals surface area contributed by atoms with Crippen molar-refractivity contribution in [1.29, 1.82) is 0 Å². The molecule has 11 heteroatoms. The predicted molar refractivity (Wildman–Crippen MR) is 136 cm³/mol. The fourth-order valence-electron chi connectivity index (χ4n) is 4.66. The normalized spacial score (nSPS) is 18.6. The molecule has 2 aliphatic rings. The molecule has 1 amide bonds. The van der Waals surface area contributed by atoms with Gasteiger partial charge in [-0.25, -0.2) is 4.98 Å². The van der Waals surface area contributed by atoms with Gasteiger partial charge in [-0.1, -0.05) is 17.4 Å². The summed E-state index contributed by atoms with van der Waals surface area (Å²) in [5.74, 6) is -1.29. The number of nitro groups is 1. The highest BCUT2D eigenvalue weighted by Gasteiger charge is 2.48. The van der Waals surface area contributed by atoms with E-state index in [1.54, 1.807) is 36.5 Å². The number of non-ortho nitro benzene ring substituents is 1. The molecule has 0 spiro atoms. The third kappa shape index (κ3) is 3.80. The van der Waals surface area contributed by atoms with Crippen LogP contribution >= 0.6 is 11.3 Å². The van der Waals surface area contributed by atoms with Crippen LogP contribution in [0.3, 0.4) is 0 Å². The number of pyridine rings is 1. The Bertz CT molecular complexity index is 1630. The van der Waals surface area contributed by atoms with Gasteiger partial charge < -0.3 is 9.84 Å². The molecular formula is C26H18N4O6S. The van der Waals surface area contributed by atoms with Crippen LogP contribution in [0.2, 0.25) is 0 Å². The molecule has 4 aromatic rings. The number of amides is 1. The topological polar surface area (TPSA) is 136 Å². The van der Waals surface area contributed by atoms with Crippen molar-refractivity contribution in [3.63, 3.8) is 0 Å². The lowest BCUT2D eigenvalue weighted by atomic mass is 9.95. The van der Waals surface area contributed by atoms with E-state index in [4.69, 9.17) is 4.74 Å². The highest BCUT2D eigenvalue weighted by Crippen LogP contribution is 2.44. The lowest BCUT2D eigenvalue weighted by Gasteiger charge is -2.23. The zero-order valence-electron chi connectivity index (χ0n) is 19.2. The number of nitro benzene ring substituents is 1. The van der Waals surface area contributed by atoms with E-state index in [0.29, 0.717) is 28.0 Å². The Morgan fingerprint density at radius 2 is 2.05 bits per heavy atom. The first-order valence-electron chi connectivity index (χ1n) is 11.4. The van der Waals surface area contributed by atoms with E-state index in [2.05, 4.69) is 9.97 Å². The molecule has 0 bridgehead atoms. The molecule has 0 radical (unpaired) electrons. The Labute approximate surface area is 213 Å². The number of fused-ring (bicyclic) bond motifs is 2. The molecule has 2 aromatic heterocycles. The zero-order valence-corrected chi connectivity index (χ0v) is 20.0. The van der Waals surface area contributed by atoms with E-state index in [1.807, 2.05) is 0 Å². The molecule has 2 aliphatic heterocycles. The number of aliphatic hydroxyl groups excluding tert-OH is 1. The van der Waals surface area contributed by atoms with Gasteiger partial charge in [0.15, 0.2) is 5.13 Å². The van der Waals surface area contributed by atoms with E-state index in [1.165, 1.54) is 29.3 Å². The smallest absolute Gasteiger partial charge is 0.301 e. The number of benzene rings is 2. The van der Waals surface area contributed by atoms with Crippen LogP contribution in [0.1, 0.15) is 29.2 Å². The minimum absolute atomic E-state index is 0.0834. The number of rotatable bonds is 4. The summed E-state index contributed by atoms with van der Waals surface area (Å²) in [6, 6.07) is 11.8. The molecule has 184 valence electrons. The fourth-order valence-corrected chi connectivity index (χ4v) is 5.69. The average Bonchev–Trinajstić information content (AvgIpc) is 3.46. The van der Waals surface area contributed by atoms with E-state index in [-0.39, 0.29) is 22.2 Å². The van der Waals surface area contributed by atoms with Crippen molar-refractivity contribution >= 4 is 49.8 Å². The molecule has 4 heterocycles. The Kier molecular flexibility index (Phi) is 5.41. The second-order valence-corrected chi connectivity index (χ2v) is 9.64. The summed E-state index contributed by atoms with van der Waals surface area (Å²) in [4.78, 5) is 47.3. The van der Waals surface area contributed by atoms with Gasteiger partial charge in [-0.15, -0.1) is 0 Å². The minimum atomic E-state index is -0.989. The molecule has 1 fully saturated rings. The maximum absolute atomic E-state index is 13.4. The van der Waals surface area contributed by atoms with Crippen molar-refractivity contribution in [2.45, 2.75) is 18.9 Å². The number of hydrogen-bond donors (Lipinski definition) is 1. The van der Waals surface area contributed by atoms with E-state index in [0.717, 1.165) is 35.5 Å². The molecule has 0 aliphatic carbocycles. The monoisotopic (exact) mass is 514 g/mol. The van der Waals surface area contributed by atoms with Gasteiger partial charge in [-0.2, -0.15) is 0 Å². The molecule has 10 nitrogen and oxygen atoms in total. The van der Waals surface area contributed by atoms with Crippen LogP contribution in [0.15, 0.2) is 66.5 Å². The van der Waals surface area contributed by atoms with Gasteiger partial charge in [0.2, 0.25) is 0 Å². The van der Waals surface area contributed by atoms with Gasteiger partial charge in [-0.05, 0) is 54.3 Å². The van der Waals surface area contributed by atoms with Gasteiger partial charge in [0.05, 0.1) is 33.4 Å². The number of thiazole rings is 1. The van der Waals surface area contributed by atoms with Crippen molar-refractivity contribution < 1.29 is 24.4 Å². The Morgan fingerprint density at radius 3 is 2.84 bits per heavy atom. The summed E-state index contributed by atoms with van der Waals surface area (Å²) in [6.07, 6.45) is 4.70. The Hall–Kier alpha value is -4.64. The second kappa shape index (κ2) is 8.79. The summed E-state index contributed by atoms with van der Waals surface area (Å²) in [7, 11) is 0. The first-order valence-corrected chi connectivity index (χ1v) is 12.3. The number of aliphatic hydroxyl groups is 1. The summed E-state index contributed by atoms with van der Waals surface area (Å²) in [5.41, 5.74) is 2.08. The van der Waals surface area contributed by atoms with Crippen LogP contribution in [0, 0.1) is 10.1 Å². The van der Waals surface area contributed by atoms with Crippen LogP contribution in [-0.2, 0) is 16.0 Å². The molecular weight excluding hydrogens is 496 g/mol. The van der Waals surface area contributed by atoms with Gasteiger partial charge in [-0.3, -0.25) is 29.6 Å². The number of ketones is 1. The average molecular weight is 515 g/mol. The molecule has 0 saturated carbocycles. The van der Waals surface area contributed by atoms with Gasteiger partial charge in [0.25, 0.3) is 11.5 Å². The molecule has 37 heavy (non-hydrogen) atoms. The largest absolute Gasteiger partial charge is 0.507 e. The number of anilines is 1.